The molecule has 1 fully saturated rings. The van der Waals surface area contributed by atoms with E-state index < -0.39 is 9.84 Å². The Bertz CT molecular complexity index is 597. The molecule has 0 saturated carbocycles. The summed E-state index contributed by atoms with van der Waals surface area (Å²) in [7, 11) is -0.887. The van der Waals surface area contributed by atoms with Crippen LogP contribution in [0, 0.1) is 0 Å². The minimum atomic E-state index is -2.87. The van der Waals surface area contributed by atoms with Gasteiger partial charge in [0.25, 0.3) is 0 Å². The van der Waals surface area contributed by atoms with E-state index in [0.717, 1.165) is 18.0 Å². The normalized spacial score (nSPS) is 29.2. The van der Waals surface area contributed by atoms with Crippen LogP contribution in [0.5, 0.6) is 0 Å². The second kappa shape index (κ2) is 5.27. The number of nitrogens with zero attached hydrogens (tertiary/aromatic N) is 2. The van der Waals surface area contributed by atoms with E-state index in [1.807, 2.05) is 14.0 Å². The van der Waals surface area contributed by atoms with Gasteiger partial charge in [0.2, 0.25) is 0 Å². The van der Waals surface area contributed by atoms with Gasteiger partial charge in [-0.1, -0.05) is 0 Å². The van der Waals surface area contributed by atoms with Crippen molar-refractivity contribution in [2.24, 2.45) is 0 Å². The van der Waals surface area contributed by atoms with Crippen LogP contribution in [0.4, 0.5) is 5.13 Å². The highest BCUT2D eigenvalue weighted by molar-refractivity contribution is 7.91. The van der Waals surface area contributed by atoms with E-state index in [9.17, 15) is 8.42 Å². The number of hydrogen-bond acceptors (Lipinski definition) is 6. The predicted molar refractivity (Wildman–Crippen MR) is 82.3 cm³/mol. The summed E-state index contributed by atoms with van der Waals surface area (Å²) < 4.78 is 23.4. The first-order valence-electron chi connectivity index (χ1n) is 7.14. The SMILES string of the molecule is CNC1CCCc2sc(N3CCS(=O)(=O)CC3C)nc21. The van der Waals surface area contributed by atoms with Crippen LogP contribution in [0.15, 0.2) is 0 Å². The molecule has 2 heterocycles. The number of rotatable bonds is 2. The summed E-state index contributed by atoms with van der Waals surface area (Å²) in [6.07, 6.45) is 3.44. The molecule has 1 aliphatic heterocycles. The van der Waals surface area contributed by atoms with Crippen LogP contribution in [0.3, 0.4) is 0 Å². The van der Waals surface area contributed by atoms with Gasteiger partial charge in [0, 0.05) is 17.5 Å². The standard InChI is InChI=1S/C13H21N3O2S2/c1-9-8-20(17,18)7-6-16(9)13-15-12-10(14-2)4-3-5-11(12)19-13/h9-10,14H,3-8H2,1-2H3. The Balaban J connectivity index is 1.87. The molecule has 0 spiro atoms. The van der Waals surface area contributed by atoms with Crippen molar-refractivity contribution in [3.8, 4) is 0 Å². The average Bonchev–Trinajstić information content (AvgIpc) is 2.80. The van der Waals surface area contributed by atoms with E-state index in [0.29, 0.717) is 12.6 Å². The molecule has 0 bridgehead atoms. The molecule has 2 atom stereocenters. The zero-order chi connectivity index (χ0) is 14.3. The number of nitrogens with one attached hydrogen (secondary N) is 1. The highest BCUT2D eigenvalue weighted by atomic mass is 32.2. The van der Waals surface area contributed by atoms with Gasteiger partial charge in [0.15, 0.2) is 15.0 Å². The number of aryl methyl sites for hydroxylation is 1. The van der Waals surface area contributed by atoms with Gasteiger partial charge in [-0.25, -0.2) is 13.4 Å². The molecule has 20 heavy (non-hydrogen) atoms. The molecule has 112 valence electrons. The van der Waals surface area contributed by atoms with Crippen molar-refractivity contribution in [1.29, 1.82) is 0 Å². The van der Waals surface area contributed by atoms with Crippen molar-refractivity contribution in [1.82, 2.24) is 10.3 Å². The summed E-state index contributed by atoms with van der Waals surface area (Å²) in [5.74, 6) is 0.490. The van der Waals surface area contributed by atoms with Gasteiger partial charge in [0.1, 0.15) is 0 Å². The fourth-order valence-corrected chi connectivity index (χ4v) is 5.94. The van der Waals surface area contributed by atoms with Crippen LogP contribution in [0.25, 0.3) is 0 Å². The van der Waals surface area contributed by atoms with Crippen LogP contribution in [0.1, 0.15) is 36.4 Å². The third-order valence-electron chi connectivity index (χ3n) is 4.21. The topological polar surface area (TPSA) is 62.3 Å². The van der Waals surface area contributed by atoms with Crippen molar-refractivity contribution in [2.75, 3.05) is 30.0 Å². The number of hydrogen-bond donors (Lipinski definition) is 1. The number of aromatic nitrogens is 1. The zero-order valence-corrected chi connectivity index (χ0v) is 13.6. The summed E-state index contributed by atoms with van der Waals surface area (Å²) in [5, 5.41) is 4.33. The molecule has 7 heteroatoms. The summed E-state index contributed by atoms with van der Waals surface area (Å²) in [5.41, 5.74) is 1.18. The van der Waals surface area contributed by atoms with Gasteiger partial charge >= 0.3 is 0 Å². The molecule has 3 rings (SSSR count). The molecule has 1 aliphatic carbocycles. The minimum Gasteiger partial charge on any atom is -0.343 e. The number of thiazole rings is 1. The molecule has 1 saturated heterocycles. The quantitative estimate of drug-likeness (QED) is 0.893. The third kappa shape index (κ3) is 2.58. The van der Waals surface area contributed by atoms with Gasteiger partial charge in [-0.3, -0.25) is 0 Å². The lowest BCUT2D eigenvalue weighted by Crippen LogP contribution is -2.47. The van der Waals surface area contributed by atoms with Crippen molar-refractivity contribution >= 4 is 26.3 Å². The predicted octanol–water partition coefficient (Wildman–Crippen LogP) is 1.36. The number of sulfone groups is 1. The third-order valence-corrected chi connectivity index (χ3v) is 7.17. The highest BCUT2D eigenvalue weighted by Crippen LogP contribution is 2.37. The van der Waals surface area contributed by atoms with Crippen LogP contribution in [-0.2, 0) is 16.3 Å². The van der Waals surface area contributed by atoms with E-state index >= 15 is 0 Å². The van der Waals surface area contributed by atoms with Gasteiger partial charge in [-0.2, -0.15) is 0 Å². The maximum atomic E-state index is 11.7. The van der Waals surface area contributed by atoms with Crippen molar-refractivity contribution in [3.63, 3.8) is 0 Å². The summed E-state index contributed by atoms with van der Waals surface area (Å²) in [6, 6.07) is 0.377. The molecule has 0 amide bonds. The summed E-state index contributed by atoms with van der Waals surface area (Å²) in [4.78, 5) is 8.34. The minimum absolute atomic E-state index is 0.0226. The van der Waals surface area contributed by atoms with Gasteiger partial charge in [0.05, 0.1) is 23.2 Å². The van der Waals surface area contributed by atoms with E-state index in [4.69, 9.17) is 4.98 Å². The Labute approximate surface area is 124 Å². The number of fused-ring (bicyclic) bond motifs is 1. The lowest BCUT2D eigenvalue weighted by molar-refractivity contribution is 0.489. The first kappa shape index (κ1) is 14.3. The molecule has 2 aliphatic rings. The molecule has 0 radical (unpaired) electrons. The molecule has 5 nitrogen and oxygen atoms in total. The van der Waals surface area contributed by atoms with Crippen LogP contribution in [-0.4, -0.2) is 44.5 Å². The summed E-state index contributed by atoms with van der Waals surface area (Å²) >= 11 is 1.74. The zero-order valence-electron chi connectivity index (χ0n) is 11.9. The Morgan fingerprint density at radius 1 is 1.45 bits per heavy atom. The van der Waals surface area contributed by atoms with Gasteiger partial charge < -0.3 is 10.2 Å². The molecular formula is C13H21N3O2S2. The monoisotopic (exact) mass is 315 g/mol. The van der Waals surface area contributed by atoms with Gasteiger partial charge in [-0.05, 0) is 33.2 Å². The van der Waals surface area contributed by atoms with Crippen LogP contribution < -0.4 is 10.2 Å². The molecule has 2 unspecified atom stereocenters. The maximum absolute atomic E-state index is 11.7. The molecule has 0 aromatic carbocycles. The largest absolute Gasteiger partial charge is 0.343 e. The molecule has 1 aromatic rings. The van der Waals surface area contributed by atoms with E-state index in [1.54, 1.807) is 11.3 Å². The highest BCUT2D eigenvalue weighted by Gasteiger charge is 2.32. The van der Waals surface area contributed by atoms with E-state index in [-0.39, 0.29) is 17.5 Å². The van der Waals surface area contributed by atoms with Crippen molar-refractivity contribution < 1.29 is 8.42 Å². The second-order valence-electron chi connectivity index (χ2n) is 5.70. The average molecular weight is 315 g/mol. The van der Waals surface area contributed by atoms with Gasteiger partial charge in [-0.15, -0.1) is 11.3 Å². The molecule has 1 aromatic heterocycles. The second-order valence-corrected chi connectivity index (χ2v) is 8.99. The van der Waals surface area contributed by atoms with Crippen molar-refractivity contribution in [2.45, 2.75) is 38.3 Å². The van der Waals surface area contributed by atoms with Crippen LogP contribution in [0.2, 0.25) is 0 Å². The Morgan fingerprint density at radius 3 is 2.95 bits per heavy atom. The van der Waals surface area contributed by atoms with E-state index in [2.05, 4.69) is 10.2 Å². The van der Waals surface area contributed by atoms with Crippen LogP contribution >= 0.6 is 11.3 Å². The smallest absolute Gasteiger partial charge is 0.186 e. The fourth-order valence-electron chi connectivity index (χ4n) is 3.09. The maximum Gasteiger partial charge on any atom is 0.186 e. The Morgan fingerprint density at radius 2 is 2.25 bits per heavy atom. The Kier molecular flexibility index (Phi) is 3.77. The first-order valence-corrected chi connectivity index (χ1v) is 9.78. The lowest BCUT2D eigenvalue weighted by Gasteiger charge is -2.32. The molecule has 1 N–H and O–H groups in total. The number of anilines is 1. The van der Waals surface area contributed by atoms with E-state index in [1.165, 1.54) is 17.0 Å². The van der Waals surface area contributed by atoms with Crippen molar-refractivity contribution in [3.05, 3.63) is 10.6 Å². The fraction of sp³-hybridized carbons (Fsp3) is 0.769. The molecular weight excluding hydrogens is 294 g/mol. The first-order chi connectivity index (χ1) is 9.50. The Hall–Kier alpha value is -0.660. The summed E-state index contributed by atoms with van der Waals surface area (Å²) in [6.45, 7) is 2.55. The lowest BCUT2D eigenvalue weighted by atomic mass is 9.98.